The maximum Gasteiger partial charge on any atom is 0.472 e. The number of carbonyl (C=O) groups is 4. The Morgan fingerprint density at radius 1 is 0.306 bits per heavy atom. The quantitative estimate of drug-likeness (QED) is 0.0169. The van der Waals surface area contributed by atoms with E-state index in [1.807, 2.05) is 30.4 Å². The first-order chi connectivity index (χ1) is 47.7. The molecule has 0 heterocycles. The van der Waals surface area contributed by atoms with Crippen molar-refractivity contribution in [2.75, 3.05) is 39.6 Å². The number of unbranched alkanes of at least 4 members (excludes halogenated alkanes) is 11. The van der Waals surface area contributed by atoms with E-state index in [9.17, 15) is 43.2 Å². The largest absolute Gasteiger partial charge is 0.472 e. The molecule has 0 bridgehead atoms. The van der Waals surface area contributed by atoms with Crippen molar-refractivity contribution < 1.29 is 80.2 Å². The van der Waals surface area contributed by atoms with Gasteiger partial charge in [0.1, 0.15) is 19.3 Å². The smallest absolute Gasteiger partial charge is 0.462 e. The van der Waals surface area contributed by atoms with Crippen LogP contribution in [-0.2, 0) is 65.4 Å². The molecular formula is C79H124O17P2. The molecule has 0 aliphatic carbocycles. The molecule has 3 N–H and O–H groups in total. The van der Waals surface area contributed by atoms with Gasteiger partial charge in [-0.05, 0) is 135 Å². The van der Waals surface area contributed by atoms with Gasteiger partial charge < -0.3 is 33.8 Å². The number of hydrogen-bond acceptors (Lipinski definition) is 15. The summed E-state index contributed by atoms with van der Waals surface area (Å²) in [5.74, 6) is -2.54. The minimum atomic E-state index is -5.02. The molecule has 0 spiro atoms. The molecule has 98 heavy (non-hydrogen) atoms. The van der Waals surface area contributed by atoms with Crippen molar-refractivity contribution in [2.45, 2.75) is 251 Å². The first-order valence-electron chi connectivity index (χ1n) is 36.0. The van der Waals surface area contributed by atoms with Gasteiger partial charge >= 0.3 is 39.5 Å². The number of aliphatic hydroxyl groups excluding tert-OH is 1. The summed E-state index contributed by atoms with van der Waals surface area (Å²) in [4.78, 5) is 72.5. The van der Waals surface area contributed by atoms with Crippen LogP contribution in [-0.4, -0.2) is 96.7 Å². The molecule has 0 aliphatic rings. The van der Waals surface area contributed by atoms with Crippen LogP contribution in [0, 0.1) is 0 Å². The van der Waals surface area contributed by atoms with Crippen molar-refractivity contribution in [1.82, 2.24) is 0 Å². The summed E-state index contributed by atoms with van der Waals surface area (Å²) in [6, 6.07) is 0. The van der Waals surface area contributed by atoms with Crippen molar-refractivity contribution >= 4 is 39.5 Å². The second kappa shape index (κ2) is 69.6. The van der Waals surface area contributed by atoms with E-state index in [-0.39, 0.29) is 25.7 Å². The van der Waals surface area contributed by atoms with E-state index in [0.29, 0.717) is 25.7 Å². The third-order valence-corrected chi connectivity index (χ3v) is 15.8. The molecule has 0 aromatic rings. The Bertz CT molecular complexity index is 2580. The Labute approximate surface area is 590 Å². The van der Waals surface area contributed by atoms with Gasteiger partial charge in [0.25, 0.3) is 0 Å². The van der Waals surface area contributed by atoms with Crippen molar-refractivity contribution in [2.24, 2.45) is 0 Å². The summed E-state index contributed by atoms with van der Waals surface area (Å²) in [5, 5.41) is 10.6. The lowest BCUT2D eigenvalue weighted by Crippen LogP contribution is -2.30. The van der Waals surface area contributed by atoms with Crippen molar-refractivity contribution in [3.63, 3.8) is 0 Å². The second-order valence-corrected chi connectivity index (χ2v) is 26.0. The summed E-state index contributed by atoms with van der Waals surface area (Å²) in [5.41, 5.74) is 0. The monoisotopic (exact) mass is 1410 g/mol. The zero-order chi connectivity index (χ0) is 71.8. The predicted octanol–water partition coefficient (Wildman–Crippen LogP) is 20.4. The highest BCUT2D eigenvalue weighted by Gasteiger charge is 2.30. The Morgan fingerprint density at radius 2 is 0.582 bits per heavy atom. The van der Waals surface area contributed by atoms with Gasteiger partial charge in [-0.1, -0.05) is 255 Å². The van der Waals surface area contributed by atoms with Crippen LogP contribution in [0.5, 0.6) is 0 Å². The lowest BCUT2D eigenvalue weighted by Gasteiger charge is -2.21. The number of phosphoric ester groups is 2. The molecule has 17 nitrogen and oxygen atoms in total. The minimum Gasteiger partial charge on any atom is -0.462 e. The Kier molecular flexibility index (Phi) is 65.5. The number of phosphoric acid groups is 2. The van der Waals surface area contributed by atoms with Crippen LogP contribution < -0.4 is 0 Å². The molecule has 5 unspecified atom stereocenters. The molecule has 0 radical (unpaired) electrons. The highest BCUT2D eigenvalue weighted by Crippen LogP contribution is 2.45. The number of esters is 4. The molecule has 19 heteroatoms. The average molecular weight is 1410 g/mol. The molecule has 0 fully saturated rings. The Hall–Kier alpha value is -5.84. The molecular weight excluding hydrogens is 1280 g/mol. The molecule has 0 aliphatic heterocycles. The fourth-order valence-electron chi connectivity index (χ4n) is 8.51. The van der Waals surface area contributed by atoms with Gasteiger partial charge in [-0.25, -0.2) is 9.13 Å². The van der Waals surface area contributed by atoms with Crippen molar-refractivity contribution in [3.8, 4) is 0 Å². The third kappa shape index (κ3) is 68.7. The number of hydrogen-bond donors (Lipinski definition) is 3. The van der Waals surface area contributed by atoms with Crippen LogP contribution in [0.3, 0.4) is 0 Å². The van der Waals surface area contributed by atoms with Gasteiger partial charge in [-0.2, -0.15) is 0 Å². The second-order valence-electron chi connectivity index (χ2n) is 23.1. The third-order valence-electron chi connectivity index (χ3n) is 13.9. The first kappa shape index (κ1) is 92.2. The summed E-state index contributed by atoms with van der Waals surface area (Å²) < 4.78 is 68.0. The number of carbonyl (C=O) groups excluding carboxylic acids is 4. The van der Waals surface area contributed by atoms with Crippen LogP contribution in [0.1, 0.15) is 233 Å². The van der Waals surface area contributed by atoms with Crippen LogP contribution in [0.2, 0.25) is 0 Å². The zero-order valence-corrected chi connectivity index (χ0v) is 61.7. The van der Waals surface area contributed by atoms with E-state index in [4.69, 9.17) is 37.0 Å². The molecule has 552 valence electrons. The molecule has 0 aromatic carbocycles. The summed E-state index contributed by atoms with van der Waals surface area (Å²) in [6.07, 6.45) is 82.6. The molecule has 0 rings (SSSR count). The van der Waals surface area contributed by atoms with Crippen LogP contribution in [0.25, 0.3) is 0 Å². The van der Waals surface area contributed by atoms with Crippen LogP contribution in [0.15, 0.2) is 182 Å². The highest BCUT2D eigenvalue weighted by atomic mass is 31.2. The summed E-state index contributed by atoms with van der Waals surface area (Å²) in [6.45, 7) is 4.16. The molecule has 0 saturated carbocycles. The normalized spacial score (nSPS) is 15.1. The van der Waals surface area contributed by atoms with E-state index in [1.165, 1.54) is 6.42 Å². The zero-order valence-electron chi connectivity index (χ0n) is 59.9. The van der Waals surface area contributed by atoms with Gasteiger partial charge in [0.2, 0.25) is 0 Å². The lowest BCUT2D eigenvalue weighted by atomic mass is 10.1. The fraction of sp³-hybridized carbons (Fsp3) is 0.570. The maximum atomic E-state index is 13.0. The van der Waals surface area contributed by atoms with Crippen molar-refractivity contribution in [3.05, 3.63) is 182 Å². The van der Waals surface area contributed by atoms with E-state index in [0.717, 1.165) is 148 Å². The minimum absolute atomic E-state index is 0.0552. The number of rotatable bonds is 65. The van der Waals surface area contributed by atoms with Gasteiger partial charge in [0.15, 0.2) is 12.2 Å². The Balaban J connectivity index is 5.51. The van der Waals surface area contributed by atoms with Gasteiger partial charge in [0, 0.05) is 12.8 Å². The molecule has 0 amide bonds. The van der Waals surface area contributed by atoms with Gasteiger partial charge in [-0.15, -0.1) is 0 Å². The number of aliphatic hydroxyl groups is 1. The number of allylic oxidation sites excluding steroid dienone is 28. The summed E-state index contributed by atoms with van der Waals surface area (Å²) >= 11 is 0. The van der Waals surface area contributed by atoms with Gasteiger partial charge in [-0.3, -0.25) is 37.3 Å². The van der Waals surface area contributed by atoms with E-state index >= 15 is 0 Å². The highest BCUT2D eigenvalue weighted by molar-refractivity contribution is 7.47. The standard InChI is InChI=1S/C79H124O17P2/c1-5-9-13-17-21-25-29-32-35-36-39-41-45-48-52-56-60-64-77(82)90-70-75(96-79(84)66-62-58-54-50-46-42-38-34-31-27-23-19-15-11-7-3)72-94-98(87,88)92-68-73(80)67-91-97(85,86)93-71-74(95-78(83)65-61-57-53-49-43-28-24-20-16-12-8-4)69-89-76(81)63-59-55-51-47-44-40-37-33-30-26-22-18-14-10-6-2/h9-11,13-15,20-27,32-35,37-39,41,44,46-47,50,55,58-59,62,73-75,80H,5-8,12,16-19,28-31,36,40,42-43,45,48-49,51-54,56-57,60-61,63-72H2,1-4H3,(H,85,86)(H,87,88)/b13-9-,14-10-,15-11-,24-20-,25-21-,26-22-,27-23-,35-32-,37-33-,38-34-,41-39-,47-44-,50-46-,59-55-,62-58-. The van der Waals surface area contributed by atoms with Crippen LogP contribution in [0.4, 0.5) is 0 Å². The lowest BCUT2D eigenvalue weighted by molar-refractivity contribution is -0.160. The van der Waals surface area contributed by atoms with Gasteiger partial charge in [0.05, 0.1) is 39.3 Å². The topological polar surface area (TPSA) is 237 Å². The molecule has 0 saturated heterocycles. The first-order valence-corrected chi connectivity index (χ1v) is 39.0. The number of ether oxygens (including phenoxy) is 4. The van der Waals surface area contributed by atoms with Crippen LogP contribution >= 0.6 is 15.6 Å². The molecule has 0 aromatic heterocycles. The van der Waals surface area contributed by atoms with E-state index in [2.05, 4.69) is 161 Å². The van der Waals surface area contributed by atoms with E-state index < -0.39 is 97.5 Å². The van der Waals surface area contributed by atoms with Crippen molar-refractivity contribution in [1.29, 1.82) is 0 Å². The predicted molar refractivity (Wildman–Crippen MR) is 399 cm³/mol. The SMILES string of the molecule is CC/C=C\C/C=C\C/C=C\C/C=C\C/C=C\CC(=O)OCC(COP(=O)(O)OCC(O)COP(=O)(O)OCC(COC(=O)CCCCCC/C=C\C/C=C\C/C=C\C/C=C\CC)OC(=O)C/C=C\C/C=C\C/C=C\C/C=C\C/C=C\CC)OC(=O)CCCCCCC/C=C\CCCC. The molecule has 5 atom stereocenters. The average Bonchev–Trinajstić information content (AvgIpc) is 0.985. The van der Waals surface area contributed by atoms with E-state index in [1.54, 1.807) is 18.2 Å². The fourth-order valence-corrected chi connectivity index (χ4v) is 10.1. The maximum absolute atomic E-state index is 13.0. The Morgan fingerprint density at radius 3 is 0.959 bits per heavy atom. The summed E-state index contributed by atoms with van der Waals surface area (Å²) in [7, 11) is -10.0.